The van der Waals surface area contributed by atoms with E-state index in [9.17, 15) is 4.79 Å². The standard InChI is InChI=1S/C17H26N2O2/c1-5-21-17-9-7-6-8-15(17)16(20)12-19-10-13(2)18(4)14(3)11-19/h6-9,13-14H,5,10-12H2,1-4H3. The summed E-state index contributed by atoms with van der Waals surface area (Å²) < 4.78 is 5.56. The largest absolute Gasteiger partial charge is 0.493 e. The molecule has 116 valence electrons. The van der Waals surface area contributed by atoms with E-state index >= 15 is 0 Å². The molecule has 1 heterocycles. The van der Waals surface area contributed by atoms with Gasteiger partial charge in [-0.15, -0.1) is 0 Å². The lowest BCUT2D eigenvalue weighted by atomic mass is 10.1. The van der Waals surface area contributed by atoms with Crippen LogP contribution in [0.3, 0.4) is 0 Å². The number of ether oxygens (including phenoxy) is 1. The van der Waals surface area contributed by atoms with Crippen LogP contribution in [0.15, 0.2) is 24.3 Å². The molecule has 0 spiro atoms. The van der Waals surface area contributed by atoms with Crippen LogP contribution >= 0.6 is 0 Å². The van der Waals surface area contributed by atoms with Gasteiger partial charge in [0.15, 0.2) is 5.78 Å². The van der Waals surface area contributed by atoms with Crippen molar-refractivity contribution in [2.75, 3.05) is 33.3 Å². The summed E-state index contributed by atoms with van der Waals surface area (Å²) in [6.45, 7) is 9.26. The van der Waals surface area contributed by atoms with Crippen LogP contribution in [0.25, 0.3) is 0 Å². The van der Waals surface area contributed by atoms with E-state index in [0.717, 1.165) is 13.1 Å². The number of carbonyl (C=O) groups excluding carboxylic acids is 1. The number of Topliss-reactive ketones (excluding diaryl/α,β-unsaturated/α-hetero) is 1. The van der Waals surface area contributed by atoms with Crippen molar-refractivity contribution in [3.63, 3.8) is 0 Å². The fourth-order valence-electron chi connectivity index (χ4n) is 2.91. The summed E-state index contributed by atoms with van der Waals surface area (Å²) in [6, 6.07) is 8.47. The molecule has 0 N–H and O–H groups in total. The number of piperazine rings is 1. The summed E-state index contributed by atoms with van der Waals surface area (Å²) in [5, 5.41) is 0. The molecule has 1 saturated heterocycles. The van der Waals surface area contributed by atoms with Crippen molar-refractivity contribution in [1.29, 1.82) is 0 Å². The minimum absolute atomic E-state index is 0.142. The van der Waals surface area contributed by atoms with Crippen LogP contribution in [-0.2, 0) is 0 Å². The van der Waals surface area contributed by atoms with E-state index in [2.05, 4.69) is 30.7 Å². The first-order valence-electron chi connectivity index (χ1n) is 7.72. The Morgan fingerprint density at radius 2 is 1.86 bits per heavy atom. The van der Waals surface area contributed by atoms with Gasteiger partial charge >= 0.3 is 0 Å². The lowest BCUT2D eigenvalue weighted by Crippen LogP contribution is -2.55. The first kappa shape index (κ1) is 16.0. The van der Waals surface area contributed by atoms with Gasteiger partial charge in [-0.05, 0) is 40.0 Å². The maximum atomic E-state index is 12.6. The maximum Gasteiger partial charge on any atom is 0.180 e. The predicted molar refractivity (Wildman–Crippen MR) is 85.1 cm³/mol. The van der Waals surface area contributed by atoms with Gasteiger partial charge in [-0.3, -0.25) is 14.6 Å². The average molecular weight is 290 g/mol. The van der Waals surface area contributed by atoms with Gasteiger partial charge in [-0.25, -0.2) is 0 Å². The second-order valence-corrected chi connectivity index (χ2v) is 5.91. The molecule has 1 fully saturated rings. The molecule has 0 aliphatic carbocycles. The fraction of sp³-hybridized carbons (Fsp3) is 0.588. The molecule has 4 nitrogen and oxygen atoms in total. The highest BCUT2D eigenvalue weighted by atomic mass is 16.5. The van der Waals surface area contributed by atoms with E-state index in [1.807, 2.05) is 31.2 Å². The Hall–Kier alpha value is -1.39. The highest BCUT2D eigenvalue weighted by Gasteiger charge is 2.28. The first-order valence-corrected chi connectivity index (χ1v) is 7.72. The molecule has 2 unspecified atom stereocenters. The van der Waals surface area contributed by atoms with Crippen molar-refractivity contribution in [3.8, 4) is 5.75 Å². The zero-order chi connectivity index (χ0) is 15.4. The molecule has 1 aromatic carbocycles. The Bertz CT molecular complexity index is 477. The third kappa shape index (κ3) is 3.83. The number of ketones is 1. The zero-order valence-electron chi connectivity index (χ0n) is 13.5. The fourth-order valence-corrected chi connectivity index (χ4v) is 2.91. The van der Waals surface area contributed by atoms with Crippen LogP contribution in [0.2, 0.25) is 0 Å². The molecule has 4 heteroatoms. The quantitative estimate of drug-likeness (QED) is 0.779. The van der Waals surface area contributed by atoms with Gasteiger partial charge in [0.25, 0.3) is 0 Å². The molecule has 1 aliphatic heterocycles. The predicted octanol–water partition coefficient (Wildman–Crippen LogP) is 2.29. The highest BCUT2D eigenvalue weighted by Crippen LogP contribution is 2.20. The Labute approximate surface area is 127 Å². The summed E-state index contributed by atoms with van der Waals surface area (Å²) in [5.41, 5.74) is 0.693. The minimum Gasteiger partial charge on any atom is -0.493 e. The molecule has 1 aromatic rings. The van der Waals surface area contributed by atoms with E-state index in [-0.39, 0.29) is 5.78 Å². The molecule has 1 aliphatic rings. The summed E-state index contributed by atoms with van der Waals surface area (Å²) >= 11 is 0. The third-order valence-corrected chi connectivity index (χ3v) is 4.29. The van der Waals surface area contributed by atoms with Crippen molar-refractivity contribution in [1.82, 2.24) is 9.80 Å². The molecule has 0 aromatic heterocycles. The number of likely N-dealkylation sites (N-methyl/N-ethyl adjacent to an activating group) is 1. The molecule has 0 bridgehead atoms. The van der Waals surface area contributed by atoms with Crippen LogP contribution in [0.1, 0.15) is 31.1 Å². The van der Waals surface area contributed by atoms with Gasteiger partial charge in [-0.2, -0.15) is 0 Å². The van der Waals surface area contributed by atoms with Gasteiger partial charge in [0.2, 0.25) is 0 Å². The Morgan fingerprint density at radius 1 is 1.24 bits per heavy atom. The minimum atomic E-state index is 0.142. The van der Waals surface area contributed by atoms with E-state index < -0.39 is 0 Å². The highest BCUT2D eigenvalue weighted by molar-refractivity contribution is 6.00. The van der Waals surface area contributed by atoms with Gasteiger partial charge in [0.1, 0.15) is 5.75 Å². The topological polar surface area (TPSA) is 32.8 Å². The summed E-state index contributed by atoms with van der Waals surface area (Å²) in [4.78, 5) is 17.2. The van der Waals surface area contributed by atoms with Gasteiger partial charge in [0.05, 0.1) is 18.7 Å². The maximum absolute atomic E-state index is 12.6. The molecule has 0 amide bonds. The first-order chi connectivity index (χ1) is 10.0. The lowest BCUT2D eigenvalue weighted by Gasteiger charge is -2.42. The van der Waals surface area contributed by atoms with Crippen LogP contribution in [0, 0.1) is 0 Å². The molecule has 0 saturated carbocycles. The number of benzene rings is 1. The number of rotatable bonds is 5. The van der Waals surface area contributed by atoms with Crippen LogP contribution in [0.4, 0.5) is 0 Å². The monoisotopic (exact) mass is 290 g/mol. The summed E-state index contributed by atoms with van der Waals surface area (Å²) in [5.74, 6) is 0.836. The van der Waals surface area contributed by atoms with Crippen molar-refractivity contribution in [2.24, 2.45) is 0 Å². The van der Waals surface area contributed by atoms with E-state index in [1.54, 1.807) is 0 Å². The molecule has 21 heavy (non-hydrogen) atoms. The van der Waals surface area contributed by atoms with Crippen LogP contribution in [0.5, 0.6) is 5.75 Å². The van der Waals surface area contributed by atoms with E-state index in [1.165, 1.54) is 0 Å². The van der Waals surface area contributed by atoms with Crippen molar-refractivity contribution in [3.05, 3.63) is 29.8 Å². The van der Waals surface area contributed by atoms with E-state index in [4.69, 9.17) is 4.74 Å². The third-order valence-electron chi connectivity index (χ3n) is 4.29. The number of hydrogen-bond acceptors (Lipinski definition) is 4. The second-order valence-electron chi connectivity index (χ2n) is 5.91. The van der Waals surface area contributed by atoms with Crippen molar-refractivity contribution >= 4 is 5.78 Å². The number of nitrogens with zero attached hydrogens (tertiary/aromatic N) is 2. The number of para-hydroxylation sites is 1. The lowest BCUT2D eigenvalue weighted by molar-refractivity contribution is 0.0548. The normalized spacial score (nSPS) is 24.0. The Balaban J connectivity index is 2.05. The van der Waals surface area contributed by atoms with Crippen molar-refractivity contribution < 1.29 is 9.53 Å². The Morgan fingerprint density at radius 3 is 2.48 bits per heavy atom. The summed E-state index contributed by atoms with van der Waals surface area (Å²) in [7, 11) is 2.15. The molecule has 2 atom stereocenters. The average Bonchev–Trinajstić information content (AvgIpc) is 2.45. The van der Waals surface area contributed by atoms with Gasteiger partial charge in [0, 0.05) is 25.2 Å². The molecular weight excluding hydrogens is 264 g/mol. The van der Waals surface area contributed by atoms with E-state index in [0.29, 0.717) is 36.5 Å². The molecule has 0 radical (unpaired) electrons. The number of hydrogen-bond donors (Lipinski definition) is 0. The van der Waals surface area contributed by atoms with Gasteiger partial charge in [-0.1, -0.05) is 12.1 Å². The summed E-state index contributed by atoms with van der Waals surface area (Å²) in [6.07, 6.45) is 0. The zero-order valence-corrected chi connectivity index (χ0v) is 13.5. The van der Waals surface area contributed by atoms with Gasteiger partial charge < -0.3 is 4.74 Å². The Kier molecular flexibility index (Phi) is 5.37. The van der Waals surface area contributed by atoms with Crippen LogP contribution in [-0.4, -0.2) is 61.0 Å². The SMILES string of the molecule is CCOc1ccccc1C(=O)CN1CC(C)N(C)C(C)C1. The molecule has 2 rings (SSSR count). The second kappa shape index (κ2) is 7.05. The molecular formula is C17H26N2O2. The van der Waals surface area contributed by atoms with Crippen molar-refractivity contribution in [2.45, 2.75) is 32.9 Å². The smallest absolute Gasteiger partial charge is 0.180 e. The number of carbonyl (C=O) groups is 1. The van der Waals surface area contributed by atoms with Crippen LogP contribution < -0.4 is 4.74 Å².